The molecule has 9 heteroatoms. The minimum Gasteiger partial charge on any atom is -0.504 e. The van der Waals surface area contributed by atoms with Gasteiger partial charge in [0, 0.05) is 19.2 Å². The Bertz CT molecular complexity index is 1020. The molecule has 0 aromatic heterocycles. The Labute approximate surface area is 162 Å². The lowest BCUT2D eigenvalue weighted by Gasteiger charge is -2.35. The van der Waals surface area contributed by atoms with E-state index in [2.05, 4.69) is 4.74 Å². The number of hydrogen-bond acceptors (Lipinski definition) is 6. The number of nitrogens with zero attached hydrogens (tertiary/aromatic N) is 2. The van der Waals surface area contributed by atoms with Crippen molar-refractivity contribution in [3.8, 4) is 5.75 Å². The van der Waals surface area contributed by atoms with Gasteiger partial charge in [0.25, 0.3) is 0 Å². The summed E-state index contributed by atoms with van der Waals surface area (Å²) in [6.45, 7) is 0.0346. The summed E-state index contributed by atoms with van der Waals surface area (Å²) < 4.78 is 50.8. The molecule has 1 aliphatic heterocycles. The number of fused-ring (bicyclic) bond motifs is 1. The predicted molar refractivity (Wildman–Crippen MR) is 101 cm³/mol. The number of rotatable bonds is 5. The SMILES string of the molecule is COC=CC(=O)Oc1ccccc1CN1CN(C)c2ccc(F)cc2S1(=O)=O. The average Bonchev–Trinajstić information content (AvgIpc) is 2.66. The van der Waals surface area contributed by atoms with E-state index in [0.29, 0.717) is 11.3 Å². The number of ether oxygens (including phenoxy) is 2. The average molecular weight is 406 g/mol. The van der Waals surface area contributed by atoms with E-state index >= 15 is 0 Å². The maximum atomic E-state index is 13.7. The number of anilines is 1. The highest BCUT2D eigenvalue weighted by Gasteiger charge is 2.35. The fourth-order valence-electron chi connectivity index (χ4n) is 2.86. The zero-order valence-electron chi connectivity index (χ0n) is 15.3. The van der Waals surface area contributed by atoms with Crippen LogP contribution in [0.3, 0.4) is 0 Å². The van der Waals surface area contributed by atoms with Gasteiger partial charge < -0.3 is 14.4 Å². The van der Waals surface area contributed by atoms with Gasteiger partial charge in [-0.25, -0.2) is 17.6 Å². The molecule has 148 valence electrons. The standard InChI is InChI=1S/C19H19FN2O5S/c1-21-13-22(28(24,25)18-11-15(20)7-8-16(18)21)12-14-5-3-4-6-17(14)27-19(23)9-10-26-2/h3-11H,12-13H2,1-2H3. The summed E-state index contributed by atoms with van der Waals surface area (Å²) in [5.74, 6) is -1.05. The number of hydrogen-bond donors (Lipinski definition) is 0. The van der Waals surface area contributed by atoms with Crippen LogP contribution in [-0.2, 0) is 26.1 Å². The van der Waals surface area contributed by atoms with Gasteiger partial charge in [-0.15, -0.1) is 0 Å². The van der Waals surface area contributed by atoms with Crippen molar-refractivity contribution in [1.29, 1.82) is 0 Å². The van der Waals surface area contributed by atoms with E-state index in [1.54, 1.807) is 36.2 Å². The lowest BCUT2D eigenvalue weighted by molar-refractivity contribution is -0.129. The Morgan fingerprint density at radius 3 is 2.75 bits per heavy atom. The van der Waals surface area contributed by atoms with Crippen molar-refractivity contribution < 1.29 is 27.1 Å². The minimum atomic E-state index is -3.92. The van der Waals surface area contributed by atoms with Crippen molar-refractivity contribution >= 4 is 21.7 Å². The second-order valence-electron chi connectivity index (χ2n) is 6.13. The maximum Gasteiger partial charge on any atom is 0.339 e. The fraction of sp³-hybridized carbons (Fsp3) is 0.211. The van der Waals surface area contributed by atoms with Crippen molar-refractivity contribution in [2.24, 2.45) is 0 Å². The number of carbonyl (C=O) groups is 1. The molecule has 0 saturated carbocycles. The molecule has 0 radical (unpaired) electrons. The lowest BCUT2D eigenvalue weighted by Crippen LogP contribution is -2.44. The molecule has 2 aromatic rings. The summed E-state index contributed by atoms with van der Waals surface area (Å²) in [7, 11) is -0.798. The topological polar surface area (TPSA) is 76.2 Å². The summed E-state index contributed by atoms with van der Waals surface area (Å²) in [4.78, 5) is 13.4. The van der Waals surface area contributed by atoms with E-state index in [-0.39, 0.29) is 23.9 Å². The molecule has 0 unspecified atom stereocenters. The number of methoxy groups -OCH3 is 1. The zero-order chi connectivity index (χ0) is 20.3. The van der Waals surface area contributed by atoms with Crippen LogP contribution in [0.25, 0.3) is 0 Å². The molecule has 1 aliphatic rings. The molecule has 0 spiro atoms. The number of carbonyl (C=O) groups excluding carboxylic acids is 1. The molecule has 0 fully saturated rings. The molecule has 0 saturated heterocycles. The molecule has 3 rings (SSSR count). The van der Waals surface area contributed by atoms with Crippen molar-refractivity contribution in [2.75, 3.05) is 25.7 Å². The minimum absolute atomic E-state index is 0.0416. The summed E-state index contributed by atoms with van der Waals surface area (Å²) in [6, 6.07) is 10.3. The third-order valence-corrected chi connectivity index (χ3v) is 6.00. The Morgan fingerprint density at radius 2 is 2.00 bits per heavy atom. The summed E-state index contributed by atoms with van der Waals surface area (Å²) in [5, 5.41) is 0. The van der Waals surface area contributed by atoms with Gasteiger partial charge >= 0.3 is 5.97 Å². The highest BCUT2D eigenvalue weighted by molar-refractivity contribution is 7.89. The van der Waals surface area contributed by atoms with Gasteiger partial charge in [0.1, 0.15) is 16.5 Å². The molecule has 0 bridgehead atoms. The van der Waals surface area contributed by atoms with Crippen molar-refractivity contribution in [3.63, 3.8) is 0 Å². The van der Waals surface area contributed by atoms with E-state index in [0.717, 1.165) is 12.1 Å². The first-order valence-corrected chi connectivity index (χ1v) is 9.77. The number of sulfonamides is 1. The largest absolute Gasteiger partial charge is 0.504 e. The number of para-hydroxylation sites is 1. The predicted octanol–water partition coefficient (Wildman–Crippen LogP) is 2.49. The highest BCUT2D eigenvalue weighted by Crippen LogP contribution is 2.34. The molecule has 0 amide bonds. The van der Waals surface area contributed by atoms with Crippen LogP contribution in [0.4, 0.5) is 10.1 Å². The van der Waals surface area contributed by atoms with Gasteiger partial charge in [0.15, 0.2) is 0 Å². The first-order valence-electron chi connectivity index (χ1n) is 8.33. The first kappa shape index (κ1) is 19.8. The molecule has 7 nitrogen and oxygen atoms in total. The Kier molecular flexibility index (Phi) is 5.66. The molecule has 28 heavy (non-hydrogen) atoms. The van der Waals surface area contributed by atoms with Gasteiger partial charge in [0.2, 0.25) is 10.0 Å². The van der Waals surface area contributed by atoms with Crippen LogP contribution in [0.1, 0.15) is 5.56 Å². The van der Waals surface area contributed by atoms with Crippen LogP contribution in [0.2, 0.25) is 0 Å². The third kappa shape index (κ3) is 4.00. The van der Waals surface area contributed by atoms with E-state index in [9.17, 15) is 17.6 Å². The Morgan fingerprint density at radius 1 is 1.25 bits per heavy atom. The van der Waals surface area contributed by atoms with Gasteiger partial charge in [0.05, 0.1) is 31.8 Å². The summed E-state index contributed by atoms with van der Waals surface area (Å²) in [6.07, 6.45) is 2.29. The molecular weight excluding hydrogens is 387 g/mol. The second kappa shape index (κ2) is 7.99. The first-order chi connectivity index (χ1) is 13.3. The van der Waals surface area contributed by atoms with Crippen LogP contribution >= 0.6 is 0 Å². The van der Waals surface area contributed by atoms with Crippen molar-refractivity contribution in [1.82, 2.24) is 4.31 Å². The smallest absolute Gasteiger partial charge is 0.339 e. The third-order valence-electron chi connectivity index (χ3n) is 4.19. The van der Waals surface area contributed by atoms with Gasteiger partial charge in [-0.1, -0.05) is 18.2 Å². The molecule has 0 N–H and O–H groups in total. The van der Waals surface area contributed by atoms with Gasteiger partial charge in [-0.05, 0) is 24.3 Å². The van der Waals surface area contributed by atoms with Crippen LogP contribution < -0.4 is 9.64 Å². The van der Waals surface area contributed by atoms with Crippen LogP contribution in [0.5, 0.6) is 5.75 Å². The number of esters is 1. The Balaban J connectivity index is 1.91. The summed E-state index contributed by atoms with van der Waals surface area (Å²) in [5.41, 5.74) is 0.931. The van der Waals surface area contributed by atoms with Crippen LogP contribution in [0, 0.1) is 5.82 Å². The van der Waals surface area contributed by atoms with E-state index in [4.69, 9.17) is 4.74 Å². The van der Waals surface area contributed by atoms with Crippen molar-refractivity contribution in [3.05, 3.63) is 66.2 Å². The van der Waals surface area contributed by atoms with Crippen LogP contribution in [-0.4, -0.2) is 39.5 Å². The Hall–Kier alpha value is -2.91. The van der Waals surface area contributed by atoms with Gasteiger partial charge in [-0.3, -0.25) is 0 Å². The molecular formula is C19H19FN2O5S. The molecule has 0 atom stereocenters. The number of halogens is 1. The van der Waals surface area contributed by atoms with E-state index in [1.807, 2.05) is 0 Å². The monoisotopic (exact) mass is 406 g/mol. The van der Waals surface area contributed by atoms with Crippen LogP contribution in [0.15, 0.2) is 59.7 Å². The summed E-state index contributed by atoms with van der Waals surface area (Å²) >= 11 is 0. The molecule has 1 heterocycles. The molecule has 0 aliphatic carbocycles. The fourth-order valence-corrected chi connectivity index (χ4v) is 4.52. The van der Waals surface area contributed by atoms with E-state index < -0.39 is 21.8 Å². The quantitative estimate of drug-likeness (QED) is 0.329. The van der Waals surface area contributed by atoms with Gasteiger partial charge in [-0.2, -0.15) is 4.31 Å². The lowest BCUT2D eigenvalue weighted by atomic mass is 10.2. The van der Waals surface area contributed by atoms with Crippen molar-refractivity contribution in [2.45, 2.75) is 11.4 Å². The maximum absolute atomic E-state index is 13.7. The zero-order valence-corrected chi connectivity index (χ0v) is 16.1. The second-order valence-corrected chi connectivity index (χ2v) is 8.04. The normalized spacial score (nSPS) is 16.0. The molecule has 2 aromatic carbocycles. The number of benzene rings is 2. The van der Waals surface area contributed by atoms with E-state index in [1.165, 1.54) is 29.8 Å². The highest BCUT2D eigenvalue weighted by atomic mass is 32.2.